The zero-order valence-corrected chi connectivity index (χ0v) is 27.6. The highest BCUT2D eigenvalue weighted by molar-refractivity contribution is 6.08. The third-order valence-electron chi connectivity index (χ3n) is 10.3. The normalized spacial score (nSPS) is 21.7. The molecule has 2 fully saturated rings. The molecule has 1 amide bonds. The highest BCUT2D eigenvalue weighted by atomic mass is 19.1. The second-order valence-electron chi connectivity index (χ2n) is 13.9. The van der Waals surface area contributed by atoms with Gasteiger partial charge >= 0.3 is 0 Å². The predicted octanol–water partition coefficient (Wildman–Crippen LogP) is 6.98. The minimum absolute atomic E-state index is 0.0233. The Morgan fingerprint density at radius 1 is 1.02 bits per heavy atom. The molecule has 2 aromatic heterocycles. The number of nitrogens with one attached hydrogen (secondary N) is 1. The standard InChI is InChI=1S/C36H42F2N6O3/c1-20(2)43-19-39-30-18-28(40-33(32(30)43)41-29-16-24(34(45)47-5)26(37)17-27(29)38)21-9-10-25-31(13-21)44(35(46)36(25,3)4)23-14-22(15-23)42-11-7-6-8-12-42/h9-10,13,16-20,22-23,34,45H,6-8,11-12,14-15H2,1-5H3,(H,40,41)/t22-,23+,34?. The number of halogens is 2. The molecule has 1 saturated carbocycles. The number of nitrogens with zero attached hydrogens (tertiary/aromatic N) is 5. The van der Waals surface area contributed by atoms with E-state index in [1.165, 1.54) is 32.4 Å². The average molecular weight is 645 g/mol. The number of hydrogen-bond donors (Lipinski definition) is 2. The summed E-state index contributed by atoms with van der Waals surface area (Å²) in [6.07, 6.45) is 5.89. The molecule has 2 aromatic carbocycles. The summed E-state index contributed by atoms with van der Waals surface area (Å²) in [5.74, 6) is -1.32. The Morgan fingerprint density at radius 2 is 1.77 bits per heavy atom. The van der Waals surface area contributed by atoms with E-state index in [9.17, 15) is 14.3 Å². The molecule has 0 bridgehead atoms. The van der Waals surface area contributed by atoms with Crippen LogP contribution in [0.5, 0.6) is 0 Å². The van der Waals surface area contributed by atoms with Gasteiger partial charge in [-0.3, -0.25) is 4.79 Å². The van der Waals surface area contributed by atoms with Gasteiger partial charge < -0.3 is 29.5 Å². The third-order valence-corrected chi connectivity index (χ3v) is 10.3. The van der Waals surface area contributed by atoms with Crippen molar-refractivity contribution >= 4 is 34.1 Å². The molecule has 0 spiro atoms. The minimum Gasteiger partial charge on any atom is -0.364 e. The molecule has 47 heavy (non-hydrogen) atoms. The molecular weight excluding hydrogens is 602 g/mol. The van der Waals surface area contributed by atoms with Crippen LogP contribution in [-0.4, -0.2) is 62.7 Å². The first-order chi connectivity index (χ1) is 22.5. The van der Waals surface area contributed by atoms with E-state index in [1.807, 2.05) is 61.4 Å². The number of piperidine rings is 1. The molecular formula is C36H42F2N6O3. The number of imidazole rings is 1. The van der Waals surface area contributed by atoms with Crippen molar-refractivity contribution in [3.63, 3.8) is 0 Å². The number of aromatic nitrogens is 3. The number of likely N-dealkylation sites (tertiary alicyclic amines) is 1. The smallest absolute Gasteiger partial charge is 0.237 e. The van der Waals surface area contributed by atoms with Crippen LogP contribution < -0.4 is 10.2 Å². The first-order valence-electron chi connectivity index (χ1n) is 16.5. The molecule has 4 heterocycles. The Kier molecular flexibility index (Phi) is 8.05. The molecule has 1 unspecified atom stereocenters. The van der Waals surface area contributed by atoms with Crippen molar-refractivity contribution in [3.8, 4) is 11.3 Å². The SMILES string of the molecule is COC(O)c1cc(Nc2nc(-c3ccc4c(c3)N([C@H]3C[C@@H](N5CCCCC5)C3)C(=O)C4(C)C)cc3ncn(C(C)C)c23)c(F)cc1F. The molecule has 0 radical (unpaired) electrons. The van der Waals surface area contributed by atoms with Gasteiger partial charge in [0.2, 0.25) is 5.91 Å². The van der Waals surface area contributed by atoms with E-state index in [1.54, 1.807) is 6.33 Å². The highest BCUT2D eigenvalue weighted by Crippen LogP contribution is 2.48. The van der Waals surface area contributed by atoms with Crippen LogP contribution in [-0.2, 0) is 14.9 Å². The molecule has 7 rings (SSSR count). The van der Waals surface area contributed by atoms with Crippen molar-refractivity contribution in [3.05, 3.63) is 65.5 Å². The molecule has 3 aliphatic rings. The van der Waals surface area contributed by atoms with E-state index in [0.29, 0.717) is 34.7 Å². The van der Waals surface area contributed by atoms with Gasteiger partial charge in [0.1, 0.15) is 17.2 Å². The molecule has 1 aliphatic carbocycles. The number of rotatable bonds is 8. The van der Waals surface area contributed by atoms with Crippen LogP contribution in [0.15, 0.2) is 42.7 Å². The topological polar surface area (TPSA) is 95.8 Å². The lowest BCUT2D eigenvalue weighted by atomic mass is 9.82. The summed E-state index contributed by atoms with van der Waals surface area (Å²) < 4.78 is 36.5. The first-order valence-corrected chi connectivity index (χ1v) is 16.5. The monoisotopic (exact) mass is 644 g/mol. The van der Waals surface area contributed by atoms with Crippen LogP contribution in [0.1, 0.15) is 83.3 Å². The number of carbonyl (C=O) groups excluding carboxylic acids is 1. The van der Waals surface area contributed by atoms with E-state index < -0.39 is 23.3 Å². The summed E-state index contributed by atoms with van der Waals surface area (Å²) in [6, 6.07) is 10.5. The highest BCUT2D eigenvalue weighted by Gasteiger charge is 2.50. The Hall–Kier alpha value is -3.93. The minimum atomic E-state index is -1.57. The molecule has 9 nitrogen and oxygen atoms in total. The molecule has 248 valence electrons. The van der Waals surface area contributed by atoms with E-state index in [2.05, 4.69) is 15.2 Å². The number of aliphatic hydroxyl groups excluding tert-OH is 1. The zero-order valence-electron chi connectivity index (χ0n) is 27.6. The van der Waals surface area contributed by atoms with Gasteiger partial charge in [0.25, 0.3) is 0 Å². The van der Waals surface area contributed by atoms with Gasteiger partial charge in [-0.1, -0.05) is 18.6 Å². The predicted molar refractivity (Wildman–Crippen MR) is 178 cm³/mol. The van der Waals surface area contributed by atoms with Crippen LogP contribution in [0.4, 0.5) is 26.0 Å². The third kappa shape index (κ3) is 5.38. The maximum Gasteiger partial charge on any atom is 0.237 e. The Labute approximate surface area is 273 Å². The van der Waals surface area contributed by atoms with Crippen molar-refractivity contribution in [1.82, 2.24) is 19.4 Å². The number of carbonyl (C=O) groups is 1. The maximum atomic E-state index is 15.1. The van der Waals surface area contributed by atoms with Crippen molar-refractivity contribution in [1.29, 1.82) is 0 Å². The van der Waals surface area contributed by atoms with Crippen LogP contribution in [0, 0.1) is 11.6 Å². The van der Waals surface area contributed by atoms with Crippen molar-refractivity contribution in [2.75, 3.05) is 30.4 Å². The number of anilines is 3. The summed E-state index contributed by atoms with van der Waals surface area (Å²) in [7, 11) is 1.24. The van der Waals surface area contributed by atoms with Crippen LogP contribution in [0.2, 0.25) is 0 Å². The summed E-state index contributed by atoms with van der Waals surface area (Å²) in [4.78, 5) is 28.1. The molecule has 2 aliphatic heterocycles. The van der Waals surface area contributed by atoms with Gasteiger partial charge in [-0.15, -0.1) is 0 Å². The van der Waals surface area contributed by atoms with Gasteiger partial charge in [0, 0.05) is 48.1 Å². The number of aliphatic hydroxyl groups is 1. The fourth-order valence-electron chi connectivity index (χ4n) is 7.45. The fourth-order valence-corrected chi connectivity index (χ4v) is 7.45. The molecule has 2 N–H and O–H groups in total. The molecule has 4 aromatic rings. The number of pyridine rings is 1. The van der Waals surface area contributed by atoms with E-state index in [4.69, 9.17) is 9.72 Å². The lowest BCUT2D eigenvalue weighted by Gasteiger charge is -2.48. The number of fused-ring (bicyclic) bond motifs is 2. The average Bonchev–Trinajstić information content (AvgIpc) is 3.55. The largest absolute Gasteiger partial charge is 0.364 e. The summed E-state index contributed by atoms with van der Waals surface area (Å²) in [5.41, 5.74) is 3.67. The number of hydrogen-bond acceptors (Lipinski definition) is 7. The summed E-state index contributed by atoms with van der Waals surface area (Å²) in [6.45, 7) is 10.3. The van der Waals surface area contributed by atoms with E-state index >= 15 is 4.39 Å². The van der Waals surface area contributed by atoms with Gasteiger partial charge in [-0.2, -0.15) is 0 Å². The fraction of sp³-hybridized carbons (Fsp3) is 0.472. The quantitative estimate of drug-likeness (QED) is 0.200. The maximum absolute atomic E-state index is 15.1. The first kappa shape index (κ1) is 31.7. The van der Waals surface area contributed by atoms with Gasteiger partial charge in [0.15, 0.2) is 12.1 Å². The Bertz CT molecular complexity index is 1840. The number of ether oxygens (including phenoxy) is 1. The van der Waals surface area contributed by atoms with Gasteiger partial charge in [0.05, 0.1) is 28.6 Å². The molecule has 1 saturated heterocycles. The van der Waals surface area contributed by atoms with Gasteiger partial charge in [-0.25, -0.2) is 18.7 Å². The van der Waals surface area contributed by atoms with E-state index in [0.717, 1.165) is 42.7 Å². The molecule has 1 atom stereocenters. The van der Waals surface area contributed by atoms with Gasteiger partial charge in [-0.05, 0) is 90.2 Å². The Balaban J connectivity index is 1.28. The number of amides is 1. The number of benzene rings is 2. The van der Waals surface area contributed by atoms with E-state index in [-0.39, 0.29) is 29.2 Å². The zero-order chi connectivity index (χ0) is 33.2. The summed E-state index contributed by atoms with van der Waals surface area (Å²) >= 11 is 0. The van der Waals surface area contributed by atoms with Crippen LogP contribution in [0.3, 0.4) is 0 Å². The molecule has 11 heteroatoms. The second-order valence-corrected chi connectivity index (χ2v) is 13.9. The Morgan fingerprint density at radius 3 is 2.47 bits per heavy atom. The van der Waals surface area contributed by atoms with Crippen LogP contribution >= 0.6 is 0 Å². The lowest BCUT2D eigenvalue weighted by molar-refractivity contribution is -0.123. The lowest BCUT2D eigenvalue weighted by Crippen LogP contribution is -2.57. The summed E-state index contributed by atoms with van der Waals surface area (Å²) in [5, 5.41) is 13.2. The number of methoxy groups -OCH3 is 1. The second kappa shape index (κ2) is 11.9. The van der Waals surface area contributed by atoms with Crippen molar-refractivity contribution in [2.45, 2.75) is 89.6 Å². The van der Waals surface area contributed by atoms with Crippen molar-refractivity contribution in [2.24, 2.45) is 0 Å². The van der Waals surface area contributed by atoms with Crippen molar-refractivity contribution < 1.29 is 23.4 Å². The van der Waals surface area contributed by atoms with Crippen LogP contribution in [0.25, 0.3) is 22.3 Å².